The van der Waals surface area contributed by atoms with Crippen molar-refractivity contribution in [3.8, 4) is 0 Å². The number of nitrogens with zero attached hydrogens (tertiary/aromatic N) is 2. The molecule has 8 nitrogen and oxygen atoms in total. The number of nitro benzene ring substituents is 1. The normalized spacial score (nSPS) is 18.5. The number of carbonyl (C=O) groups excluding carboxylic acids is 2. The summed E-state index contributed by atoms with van der Waals surface area (Å²) in [6, 6.07) is 11.2. The summed E-state index contributed by atoms with van der Waals surface area (Å²) < 4.78 is 0. The van der Waals surface area contributed by atoms with Gasteiger partial charge in [0.05, 0.1) is 28.7 Å². The molecule has 2 aromatic carbocycles. The van der Waals surface area contributed by atoms with Crippen molar-refractivity contribution in [3.05, 3.63) is 80.9 Å². The molecule has 1 heterocycles. The minimum atomic E-state index is -1.17. The number of aryl methyl sites for hydroxylation is 1. The highest BCUT2D eigenvalue weighted by atomic mass is 16.6. The molecule has 144 valence electrons. The third kappa shape index (κ3) is 3.25. The predicted molar refractivity (Wildman–Crippen MR) is 100 cm³/mol. The number of amides is 1. The number of hydrogen-bond donors (Lipinski definition) is 2. The lowest BCUT2D eigenvalue weighted by atomic mass is 9.94. The molecule has 8 heteroatoms. The molecule has 1 aliphatic rings. The lowest BCUT2D eigenvalue weighted by Gasteiger charge is -2.24. The second-order valence-corrected chi connectivity index (χ2v) is 6.40. The monoisotopic (exact) mass is 382 g/mol. The number of aliphatic hydroxyl groups excluding tert-OH is 2. The second kappa shape index (κ2) is 7.61. The Hall–Kier alpha value is -3.52. The Bertz CT molecular complexity index is 980. The van der Waals surface area contributed by atoms with Crippen LogP contribution in [-0.2, 0) is 9.59 Å². The largest absolute Gasteiger partial charge is 0.507 e. The molecule has 1 fully saturated rings. The molecule has 28 heavy (non-hydrogen) atoms. The van der Waals surface area contributed by atoms with E-state index in [-0.39, 0.29) is 23.4 Å². The highest BCUT2D eigenvalue weighted by molar-refractivity contribution is 6.46. The van der Waals surface area contributed by atoms with Crippen LogP contribution in [0.2, 0.25) is 0 Å². The second-order valence-electron chi connectivity index (χ2n) is 6.40. The van der Waals surface area contributed by atoms with Crippen molar-refractivity contribution in [3.63, 3.8) is 0 Å². The number of β-amino-alcohol motifs (C(OH)–C–C–N with tert-alkyl or cyclic N) is 1. The number of nitro groups is 1. The molecule has 1 unspecified atom stereocenters. The van der Waals surface area contributed by atoms with E-state index in [9.17, 15) is 29.9 Å². The maximum Gasteiger partial charge on any atom is 0.295 e. The molecule has 0 bridgehead atoms. The summed E-state index contributed by atoms with van der Waals surface area (Å²) in [6.45, 7) is 1.22. The van der Waals surface area contributed by atoms with E-state index in [1.807, 2.05) is 6.92 Å². The van der Waals surface area contributed by atoms with Crippen LogP contribution in [0.5, 0.6) is 0 Å². The molecule has 0 radical (unpaired) electrons. The van der Waals surface area contributed by atoms with Crippen molar-refractivity contribution in [1.82, 2.24) is 4.90 Å². The fourth-order valence-corrected chi connectivity index (χ4v) is 3.29. The lowest BCUT2D eigenvalue weighted by Crippen LogP contribution is -2.32. The number of hydrogen-bond acceptors (Lipinski definition) is 6. The van der Waals surface area contributed by atoms with Gasteiger partial charge in [-0.3, -0.25) is 19.7 Å². The van der Waals surface area contributed by atoms with Crippen LogP contribution < -0.4 is 0 Å². The van der Waals surface area contributed by atoms with Crippen molar-refractivity contribution in [1.29, 1.82) is 0 Å². The Labute approximate surface area is 160 Å². The average molecular weight is 382 g/mol. The van der Waals surface area contributed by atoms with Crippen molar-refractivity contribution in [2.24, 2.45) is 0 Å². The fourth-order valence-electron chi connectivity index (χ4n) is 3.29. The zero-order chi connectivity index (χ0) is 20.4. The highest BCUT2D eigenvalue weighted by Crippen LogP contribution is 2.42. The summed E-state index contributed by atoms with van der Waals surface area (Å²) >= 11 is 0. The van der Waals surface area contributed by atoms with Gasteiger partial charge in [0.15, 0.2) is 0 Å². The third-order valence-electron chi connectivity index (χ3n) is 4.63. The third-order valence-corrected chi connectivity index (χ3v) is 4.63. The van der Waals surface area contributed by atoms with Crippen LogP contribution in [0.3, 0.4) is 0 Å². The maximum absolute atomic E-state index is 12.7. The Balaban J connectivity index is 2.26. The number of benzene rings is 2. The summed E-state index contributed by atoms with van der Waals surface area (Å²) in [5, 5.41) is 31.6. The van der Waals surface area contributed by atoms with Gasteiger partial charge >= 0.3 is 0 Å². The average Bonchev–Trinajstić information content (AvgIpc) is 2.93. The van der Waals surface area contributed by atoms with E-state index in [0.717, 1.165) is 10.5 Å². The minimum Gasteiger partial charge on any atom is -0.507 e. The topological polar surface area (TPSA) is 121 Å². The van der Waals surface area contributed by atoms with Crippen molar-refractivity contribution < 1.29 is 24.7 Å². The van der Waals surface area contributed by atoms with Crippen molar-refractivity contribution in [2.75, 3.05) is 13.2 Å². The van der Waals surface area contributed by atoms with E-state index in [0.29, 0.717) is 5.56 Å². The van der Waals surface area contributed by atoms with Crippen LogP contribution in [-0.4, -0.2) is 44.9 Å². The Kier molecular flexibility index (Phi) is 5.23. The molecule has 2 N–H and O–H groups in total. The summed E-state index contributed by atoms with van der Waals surface area (Å²) in [5.74, 6) is -2.29. The molecule has 3 rings (SSSR count). The van der Waals surface area contributed by atoms with Crippen LogP contribution in [0.25, 0.3) is 5.76 Å². The number of para-hydroxylation sites is 1. The number of Topliss-reactive ketones (excluding diaryl/α,β-unsaturated/α-hetero) is 1. The molecule has 1 aliphatic heterocycles. The highest BCUT2D eigenvalue weighted by Gasteiger charge is 2.47. The van der Waals surface area contributed by atoms with Gasteiger partial charge < -0.3 is 15.1 Å². The molecule has 0 aromatic heterocycles. The van der Waals surface area contributed by atoms with Gasteiger partial charge in [0.1, 0.15) is 5.76 Å². The zero-order valence-corrected chi connectivity index (χ0v) is 15.0. The molecule has 0 aliphatic carbocycles. The van der Waals surface area contributed by atoms with E-state index in [4.69, 9.17) is 0 Å². The molecule has 2 aromatic rings. The van der Waals surface area contributed by atoms with Crippen LogP contribution in [0.1, 0.15) is 22.7 Å². The van der Waals surface area contributed by atoms with Crippen LogP contribution >= 0.6 is 0 Å². The molecule has 1 atom stereocenters. The molecule has 1 amide bonds. The zero-order valence-electron chi connectivity index (χ0n) is 15.0. The first-order chi connectivity index (χ1) is 13.4. The molecule has 0 spiro atoms. The van der Waals surface area contributed by atoms with Gasteiger partial charge in [0.2, 0.25) is 0 Å². The fraction of sp³-hybridized carbons (Fsp3) is 0.200. The number of carbonyl (C=O) groups is 2. The standard InChI is InChI=1S/C20H18N2O6/c1-12-6-8-13(9-7-12)18(24)16-17(21(10-11-23)20(26)19(16)25)14-4-2-3-5-15(14)22(27)28/h2-9,17,23-24H,10-11H2,1H3/b18-16+. The number of aliphatic hydroxyl groups is 2. The van der Waals surface area contributed by atoms with Gasteiger partial charge in [0, 0.05) is 18.2 Å². The number of rotatable bonds is 5. The van der Waals surface area contributed by atoms with Gasteiger partial charge in [-0.2, -0.15) is 0 Å². The lowest BCUT2D eigenvalue weighted by molar-refractivity contribution is -0.385. The summed E-state index contributed by atoms with van der Waals surface area (Å²) in [7, 11) is 0. The van der Waals surface area contributed by atoms with Crippen molar-refractivity contribution >= 4 is 23.1 Å². The Morgan fingerprint density at radius 2 is 1.79 bits per heavy atom. The summed E-state index contributed by atoms with van der Waals surface area (Å²) in [5.41, 5.74) is 0.821. The SMILES string of the molecule is Cc1ccc(/C(O)=C2\C(=O)C(=O)N(CCO)C2c2ccccc2[N+](=O)[O-])cc1. The van der Waals surface area contributed by atoms with Gasteiger partial charge in [-0.05, 0) is 13.0 Å². The first-order valence-corrected chi connectivity index (χ1v) is 8.56. The molecule has 0 saturated carbocycles. The smallest absolute Gasteiger partial charge is 0.295 e. The first-order valence-electron chi connectivity index (χ1n) is 8.56. The van der Waals surface area contributed by atoms with Crippen molar-refractivity contribution in [2.45, 2.75) is 13.0 Å². The Morgan fingerprint density at radius 1 is 1.14 bits per heavy atom. The first kappa shape index (κ1) is 19.2. The summed E-state index contributed by atoms with van der Waals surface area (Å²) in [6.07, 6.45) is 0. The van der Waals surface area contributed by atoms with Crippen LogP contribution in [0.4, 0.5) is 5.69 Å². The van der Waals surface area contributed by atoms with E-state index >= 15 is 0 Å². The van der Waals surface area contributed by atoms with E-state index in [1.54, 1.807) is 30.3 Å². The molecular weight excluding hydrogens is 364 g/mol. The maximum atomic E-state index is 12.7. The van der Waals surface area contributed by atoms with Gasteiger partial charge in [-0.15, -0.1) is 0 Å². The molecule has 1 saturated heterocycles. The summed E-state index contributed by atoms with van der Waals surface area (Å²) in [4.78, 5) is 37.1. The molecular formula is C20H18N2O6. The van der Waals surface area contributed by atoms with Gasteiger partial charge in [-0.1, -0.05) is 42.0 Å². The van der Waals surface area contributed by atoms with E-state index < -0.39 is 35.0 Å². The van der Waals surface area contributed by atoms with Crippen LogP contribution in [0, 0.1) is 17.0 Å². The minimum absolute atomic E-state index is 0.0915. The van der Waals surface area contributed by atoms with E-state index in [1.165, 1.54) is 18.2 Å². The van der Waals surface area contributed by atoms with Crippen LogP contribution in [0.15, 0.2) is 54.1 Å². The van der Waals surface area contributed by atoms with E-state index in [2.05, 4.69) is 0 Å². The predicted octanol–water partition coefficient (Wildman–Crippen LogP) is 2.32. The number of ketones is 1. The quantitative estimate of drug-likeness (QED) is 0.269. The Morgan fingerprint density at radius 3 is 2.39 bits per heavy atom. The van der Waals surface area contributed by atoms with Gasteiger partial charge in [0.25, 0.3) is 17.4 Å². The van der Waals surface area contributed by atoms with Gasteiger partial charge in [-0.25, -0.2) is 0 Å². The number of likely N-dealkylation sites (tertiary alicyclic amines) is 1.